The lowest BCUT2D eigenvalue weighted by Gasteiger charge is -2.26. The van der Waals surface area contributed by atoms with E-state index < -0.39 is 0 Å². The van der Waals surface area contributed by atoms with E-state index in [4.69, 9.17) is 14.7 Å². The monoisotopic (exact) mass is 291 g/mol. The zero-order valence-electron chi connectivity index (χ0n) is 12.6. The summed E-state index contributed by atoms with van der Waals surface area (Å²) < 4.78 is 5.74. The molecule has 0 bridgehead atoms. The van der Waals surface area contributed by atoms with Crippen LogP contribution in [0.4, 0.5) is 0 Å². The van der Waals surface area contributed by atoms with Gasteiger partial charge in [-0.1, -0.05) is 30.3 Å². The molecule has 1 aromatic rings. The molecule has 1 fully saturated rings. The summed E-state index contributed by atoms with van der Waals surface area (Å²) in [4.78, 5) is 5.00. The average Bonchev–Trinajstić information content (AvgIpc) is 2.55. The molecule has 0 aliphatic heterocycles. The van der Waals surface area contributed by atoms with Crippen molar-refractivity contribution in [1.82, 2.24) is 5.48 Å². The summed E-state index contributed by atoms with van der Waals surface area (Å²) >= 11 is 0. The van der Waals surface area contributed by atoms with Crippen LogP contribution in [0.5, 0.6) is 0 Å². The molecule has 0 amide bonds. The van der Waals surface area contributed by atoms with Gasteiger partial charge in [-0.15, -0.1) is 0 Å². The third-order valence-electron chi connectivity index (χ3n) is 4.05. The lowest BCUT2D eigenvalue weighted by molar-refractivity contribution is 0.114. The third-order valence-corrected chi connectivity index (χ3v) is 4.05. The SMILES string of the molecule is CONC(=COCC1CCC(CO)CC1)c1ccccc1. The normalized spacial score (nSPS) is 22.9. The number of hydrogen-bond acceptors (Lipinski definition) is 4. The smallest absolute Gasteiger partial charge is 0.109 e. The molecule has 116 valence electrons. The first-order chi connectivity index (χ1) is 10.3. The molecule has 1 aromatic carbocycles. The van der Waals surface area contributed by atoms with Crippen LogP contribution in [0, 0.1) is 11.8 Å². The van der Waals surface area contributed by atoms with E-state index in [2.05, 4.69) is 5.48 Å². The highest BCUT2D eigenvalue weighted by atomic mass is 16.6. The number of ether oxygens (including phenoxy) is 1. The lowest BCUT2D eigenvalue weighted by atomic mass is 9.83. The molecule has 21 heavy (non-hydrogen) atoms. The average molecular weight is 291 g/mol. The molecular weight excluding hydrogens is 266 g/mol. The van der Waals surface area contributed by atoms with Crippen LogP contribution in [0.15, 0.2) is 36.6 Å². The van der Waals surface area contributed by atoms with Crippen molar-refractivity contribution in [2.24, 2.45) is 11.8 Å². The standard InChI is InChI=1S/C17H25NO3/c1-20-18-17(16-5-3-2-4-6-16)13-21-12-15-9-7-14(11-19)8-10-15/h2-6,13-15,18-19H,7-12H2,1H3. The molecule has 2 rings (SSSR count). The molecule has 0 radical (unpaired) electrons. The van der Waals surface area contributed by atoms with Crippen LogP contribution < -0.4 is 5.48 Å². The van der Waals surface area contributed by atoms with Gasteiger partial charge in [-0.25, -0.2) is 0 Å². The molecule has 1 aliphatic rings. The van der Waals surface area contributed by atoms with E-state index in [1.165, 1.54) is 0 Å². The van der Waals surface area contributed by atoms with Crippen molar-refractivity contribution in [3.05, 3.63) is 42.2 Å². The molecule has 4 nitrogen and oxygen atoms in total. The predicted octanol–water partition coefficient (Wildman–Crippen LogP) is 2.95. The molecule has 0 spiro atoms. The Hall–Kier alpha value is -1.52. The largest absolute Gasteiger partial charge is 0.499 e. The lowest BCUT2D eigenvalue weighted by Crippen LogP contribution is -2.20. The molecular formula is C17H25NO3. The van der Waals surface area contributed by atoms with Crippen molar-refractivity contribution in [2.75, 3.05) is 20.3 Å². The van der Waals surface area contributed by atoms with E-state index in [0.717, 1.165) is 43.6 Å². The Balaban J connectivity index is 1.83. The quantitative estimate of drug-likeness (QED) is 0.599. The maximum absolute atomic E-state index is 9.15. The van der Waals surface area contributed by atoms with Crippen LogP contribution in [0.25, 0.3) is 5.70 Å². The minimum absolute atomic E-state index is 0.323. The third kappa shape index (κ3) is 5.06. The Morgan fingerprint density at radius 1 is 1.19 bits per heavy atom. The maximum Gasteiger partial charge on any atom is 0.109 e. The van der Waals surface area contributed by atoms with Crippen molar-refractivity contribution in [1.29, 1.82) is 0 Å². The van der Waals surface area contributed by atoms with Gasteiger partial charge < -0.3 is 9.84 Å². The van der Waals surface area contributed by atoms with Gasteiger partial charge in [-0.05, 0) is 37.5 Å². The first-order valence-corrected chi connectivity index (χ1v) is 7.60. The van der Waals surface area contributed by atoms with E-state index in [-0.39, 0.29) is 0 Å². The summed E-state index contributed by atoms with van der Waals surface area (Å²) in [6, 6.07) is 9.96. The zero-order chi connectivity index (χ0) is 14.9. The van der Waals surface area contributed by atoms with Gasteiger partial charge in [0, 0.05) is 12.2 Å². The molecule has 1 aliphatic carbocycles. The fourth-order valence-electron chi connectivity index (χ4n) is 2.73. The van der Waals surface area contributed by atoms with Gasteiger partial charge >= 0.3 is 0 Å². The summed E-state index contributed by atoms with van der Waals surface area (Å²) in [5, 5.41) is 9.15. The predicted molar refractivity (Wildman–Crippen MR) is 83.0 cm³/mol. The van der Waals surface area contributed by atoms with Crippen molar-refractivity contribution in [2.45, 2.75) is 25.7 Å². The van der Waals surface area contributed by atoms with Crippen molar-refractivity contribution in [3.63, 3.8) is 0 Å². The number of nitrogens with one attached hydrogen (secondary N) is 1. The molecule has 2 N–H and O–H groups in total. The molecule has 0 heterocycles. The number of hydrogen-bond donors (Lipinski definition) is 2. The molecule has 4 heteroatoms. The second-order valence-corrected chi connectivity index (χ2v) is 5.61. The van der Waals surface area contributed by atoms with Gasteiger partial charge in [-0.2, -0.15) is 0 Å². The van der Waals surface area contributed by atoms with Crippen molar-refractivity contribution < 1.29 is 14.7 Å². The number of hydroxylamine groups is 1. The second kappa shape index (κ2) is 8.70. The number of benzene rings is 1. The van der Waals surface area contributed by atoms with Crippen LogP contribution in [-0.4, -0.2) is 25.4 Å². The maximum atomic E-state index is 9.15. The number of rotatable bonds is 7. The summed E-state index contributed by atoms with van der Waals surface area (Å²) in [5.74, 6) is 1.08. The zero-order valence-corrected chi connectivity index (χ0v) is 12.6. The Labute approximate surface area is 126 Å². The van der Waals surface area contributed by atoms with Crippen LogP contribution in [0.2, 0.25) is 0 Å². The van der Waals surface area contributed by atoms with E-state index in [1.54, 1.807) is 13.4 Å². The van der Waals surface area contributed by atoms with Crippen LogP contribution in [0.3, 0.4) is 0 Å². The van der Waals surface area contributed by atoms with Crippen molar-refractivity contribution >= 4 is 5.70 Å². The minimum Gasteiger partial charge on any atom is -0.499 e. The fraction of sp³-hybridized carbons (Fsp3) is 0.529. The topological polar surface area (TPSA) is 50.7 Å². The molecule has 1 saturated carbocycles. The summed E-state index contributed by atoms with van der Waals surface area (Å²) in [6.07, 6.45) is 6.22. The fourth-order valence-corrected chi connectivity index (χ4v) is 2.73. The van der Waals surface area contributed by atoms with E-state index in [9.17, 15) is 0 Å². The molecule has 0 atom stereocenters. The molecule has 0 saturated heterocycles. The Kier molecular flexibility index (Phi) is 6.57. The van der Waals surface area contributed by atoms with Crippen LogP contribution >= 0.6 is 0 Å². The highest BCUT2D eigenvalue weighted by Crippen LogP contribution is 2.28. The van der Waals surface area contributed by atoms with Gasteiger partial charge in [0.05, 0.1) is 13.7 Å². The van der Waals surface area contributed by atoms with Crippen molar-refractivity contribution in [3.8, 4) is 0 Å². The Morgan fingerprint density at radius 3 is 2.48 bits per heavy atom. The first-order valence-electron chi connectivity index (χ1n) is 7.60. The summed E-state index contributed by atoms with van der Waals surface area (Å²) in [7, 11) is 1.59. The van der Waals surface area contributed by atoms with Gasteiger partial charge in [-0.3, -0.25) is 10.3 Å². The number of aliphatic hydroxyl groups excluding tert-OH is 1. The highest BCUT2D eigenvalue weighted by Gasteiger charge is 2.20. The van der Waals surface area contributed by atoms with Gasteiger partial charge in [0.25, 0.3) is 0 Å². The Morgan fingerprint density at radius 2 is 1.86 bits per heavy atom. The minimum atomic E-state index is 0.323. The summed E-state index contributed by atoms with van der Waals surface area (Å²) in [6.45, 7) is 1.04. The van der Waals surface area contributed by atoms with E-state index >= 15 is 0 Å². The van der Waals surface area contributed by atoms with Gasteiger partial charge in [0.15, 0.2) is 0 Å². The highest BCUT2D eigenvalue weighted by molar-refractivity contribution is 5.61. The van der Waals surface area contributed by atoms with Crippen LogP contribution in [0.1, 0.15) is 31.2 Å². The van der Waals surface area contributed by atoms with Gasteiger partial charge in [0.1, 0.15) is 12.0 Å². The number of aliphatic hydroxyl groups is 1. The molecule has 0 aromatic heterocycles. The van der Waals surface area contributed by atoms with E-state index in [1.807, 2.05) is 30.3 Å². The first kappa shape index (κ1) is 15.9. The van der Waals surface area contributed by atoms with Crippen LogP contribution in [-0.2, 0) is 9.57 Å². The van der Waals surface area contributed by atoms with E-state index in [0.29, 0.717) is 18.4 Å². The second-order valence-electron chi connectivity index (χ2n) is 5.61. The molecule has 0 unspecified atom stereocenters. The van der Waals surface area contributed by atoms with Gasteiger partial charge in [0.2, 0.25) is 0 Å². The Bertz CT molecular complexity index is 425. The summed E-state index contributed by atoms with van der Waals surface area (Å²) in [5.41, 5.74) is 4.71.